The van der Waals surface area contributed by atoms with E-state index in [-0.39, 0.29) is 5.57 Å². The van der Waals surface area contributed by atoms with E-state index >= 15 is 0 Å². The number of rotatable bonds is 2. The maximum Gasteiger partial charge on any atom is 0.559 e. The first-order valence-corrected chi connectivity index (χ1v) is 4.97. The van der Waals surface area contributed by atoms with Crippen molar-refractivity contribution in [3.8, 4) is 0 Å². The standard InChI is InChI=1S/C5H10O4Si/c1-4(2)5(6)9-10(3,7)8/h7-8H,1H2,2-3H3. The highest BCUT2D eigenvalue weighted by Gasteiger charge is 2.29. The SMILES string of the molecule is C=C(C)C(=O)O[Si](C)(O)O. The summed E-state index contributed by atoms with van der Waals surface area (Å²) in [5.74, 6) is -0.765. The van der Waals surface area contributed by atoms with Crippen molar-refractivity contribution in [1.29, 1.82) is 0 Å². The van der Waals surface area contributed by atoms with Gasteiger partial charge in [-0.05, 0) is 6.92 Å². The molecule has 0 saturated heterocycles. The van der Waals surface area contributed by atoms with Crippen molar-refractivity contribution in [2.24, 2.45) is 0 Å². The molecule has 5 heteroatoms. The van der Waals surface area contributed by atoms with Crippen molar-refractivity contribution in [2.45, 2.75) is 13.5 Å². The monoisotopic (exact) mass is 162 g/mol. The van der Waals surface area contributed by atoms with Crippen LogP contribution in [0.25, 0.3) is 0 Å². The van der Waals surface area contributed by atoms with Gasteiger partial charge in [0, 0.05) is 12.1 Å². The molecule has 0 heterocycles. The zero-order valence-corrected chi connectivity index (χ0v) is 6.92. The first-order chi connectivity index (χ1) is 4.33. The lowest BCUT2D eigenvalue weighted by Crippen LogP contribution is -2.37. The minimum absolute atomic E-state index is 0.154. The molecular weight excluding hydrogens is 152 g/mol. The Hall–Kier alpha value is -0.653. The maximum atomic E-state index is 10.6. The van der Waals surface area contributed by atoms with E-state index in [4.69, 9.17) is 9.59 Å². The molecule has 0 aromatic rings. The molecule has 0 aromatic carbocycles. The normalized spacial score (nSPS) is 10.8. The van der Waals surface area contributed by atoms with Crippen molar-refractivity contribution in [2.75, 3.05) is 0 Å². The van der Waals surface area contributed by atoms with E-state index in [2.05, 4.69) is 11.0 Å². The highest BCUT2D eigenvalue weighted by molar-refractivity contribution is 6.58. The van der Waals surface area contributed by atoms with Crippen LogP contribution < -0.4 is 0 Å². The van der Waals surface area contributed by atoms with Gasteiger partial charge in [0.1, 0.15) is 0 Å². The summed E-state index contributed by atoms with van der Waals surface area (Å²) in [4.78, 5) is 27.8. The van der Waals surface area contributed by atoms with Gasteiger partial charge >= 0.3 is 14.8 Å². The molecule has 0 bridgehead atoms. The third kappa shape index (κ3) is 4.25. The summed E-state index contributed by atoms with van der Waals surface area (Å²) >= 11 is 0. The third-order valence-electron chi connectivity index (χ3n) is 0.635. The Balaban J connectivity index is 3.93. The third-order valence-corrected chi connectivity index (χ3v) is 1.21. The topological polar surface area (TPSA) is 66.8 Å². The van der Waals surface area contributed by atoms with E-state index in [1.807, 2.05) is 0 Å². The van der Waals surface area contributed by atoms with Crippen LogP contribution in [0, 0.1) is 0 Å². The van der Waals surface area contributed by atoms with Crippen LogP contribution >= 0.6 is 0 Å². The highest BCUT2D eigenvalue weighted by Crippen LogP contribution is 1.99. The summed E-state index contributed by atoms with van der Waals surface area (Å²) in [6, 6.07) is 0. The number of hydrogen-bond acceptors (Lipinski definition) is 4. The average Bonchev–Trinajstić information content (AvgIpc) is 1.60. The van der Waals surface area contributed by atoms with Gasteiger partial charge in [-0.3, -0.25) is 0 Å². The van der Waals surface area contributed by atoms with Crippen molar-refractivity contribution >= 4 is 14.8 Å². The van der Waals surface area contributed by atoms with Crippen LogP contribution in [0.2, 0.25) is 6.55 Å². The second kappa shape index (κ2) is 2.96. The highest BCUT2D eigenvalue weighted by atomic mass is 28.4. The Labute approximate surface area is 60.1 Å². The molecule has 4 nitrogen and oxygen atoms in total. The predicted octanol–water partition coefficient (Wildman–Crippen LogP) is -0.341. The van der Waals surface area contributed by atoms with E-state index in [0.29, 0.717) is 0 Å². The van der Waals surface area contributed by atoms with Crippen LogP contribution in [0.1, 0.15) is 6.92 Å². The van der Waals surface area contributed by atoms with Gasteiger partial charge < -0.3 is 14.0 Å². The molecule has 10 heavy (non-hydrogen) atoms. The van der Waals surface area contributed by atoms with Crippen molar-refractivity contribution in [1.82, 2.24) is 0 Å². The van der Waals surface area contributed by atoms with Crippen molar-refractivity contribution < 1.29 is 18.8 Å². The van der Waals surface area contributed by atoms with Crippen LogP contribution in [-0.2, 0) is 9.22 Å². The predicted molar refractivity (Wildman–Crippen MR) is 37.0 cm³/mol. The van der Waals surface area contributed by atoms with E-state index in [9.17, 15) is 4.79 Å². The summed E-state index contributed by atoms with van der Waals surface area (Å²) in [7, 11) is -3.69. The van der Waals surface area contributed by atoms with Crippen LogP contribution in [-0.4, -0.2) is 24.4 Å². The molecular formula is C5H10O4Si. The molecule has 0 aliphatic rings. The molecule has 0 spiro atoms. The smallest absolute Gasteiger partial charge is 0.470 e. The summed E-state index contributed by atoms with van der Waals surface area (Å²) < 4.78 is 4.21. The first-order valence-electron chi connectivity index (χ1n) is 2.66. The zero-order valence-electron chi connectivity index (χ0n) is 5.92. The molecule has 58 valence electrons. The fraction of sp³-hybridized carbons (Fsp3) is 0.400. The van der Waals surface area contributed by atoms with Crippen LogP contribution in [0.15, 0.2) is 12.2 Å². The molecule has 0 radical (unpaired) electrons. The van der Waals surface area contributed by atoms with Crippen LogP contribution in [0.4, 0.5) is 0 Å². The van der Waals surface area contributed by atoms with Gasteiger partial charge in [0.2, 0.25) is 0 Å². The fourth-order valence-electron chi connectivity index (χ4n) is 0.263. The van der Waals surface area contributed by atoms with Gasteiger partial charge in [0.15, 0.2) is 0 Å². The summed E-state index contributed by atoms with van der Waals surface area (Å²) in [5, 5.41) is 0. The molecule has 0 aliphatic carbocycles. The van der Waals surface area contributed by atoms with Crippen molar-refractivity contribution in [3.63, 3.8) is 0 Å². The Morgan fingerprint density at radius 2 is 2.00 bits per heavy atom. The Morgan fingerprint density at radius 1 is 1.60 bits per heavy atom. The van der Waals surface area contributed by atoms with Gasteiger partial charge in [-0.15, -0.1) is 0 Å². The average molecular weight is 162 g/mol. The fourth-order valence-corrected chi connectivity index (χ4v) is 0.788. The van der Waals surface area contributed by atoms with Crippen LogP contribution in [0.3, 0.4) is 0 Å². The van der Waals surface area contributed by atoms with Gasteiger partial charge in [-0.1, -0.05) is 6.58 Å². The van der Waals surface area contributed by atoms with E-state index in [0.717, 1.165) is 6.55 Å². The Morgan fingerprint density at radius 3 is 2.10 bits per heavy atom. The number of carbonyl (C=O) groups is 1. The van der Waals surface area contributed by atoms with E-state index in [1.54, 1.807) is 0 Å². The summed E-state index contributed by atoms with van der Waals surface area (Å²) in [5.41, 5.74) is 0.154. The quantitative estimate of drug-likeness (QED) is 0.430. The molecule has 0 aromatic heterocycles. The summed E-state index contributed by atoms with van der Waals surface area (Å²) in [6.45, 7) is 5.77. The van der Waals surface area contributed by atoms with E-state index < -0.39 is 14.8 Å². The molecule has 0 atom stereocenters. The first kappa shape index (κ1) is 9.35. The molecule has 0 amide bonds. The minimum Gasteiger partial charge on any atom is -0.470 e. The minimum atomic E-state index is -3.69. The molecule has 0 aliphatic heterocycles. The molecule has 0 saturated carbocycles. The van der Waals surface area contributed by atoms with Gasteiger partial charge in [-0.25, -0.2) is 4.79 Å². The molecule has 2 N–H and O–H groups in total. The largest absolute Gasteiger partial charge is 0.559 e. The van der Waals surface area contributed by atoms with Crippen molar-refractivity contribution in [3.05, 3.63) is 12.2 Å². The van der Waals surface area contributed by atoms with Crippen LogP contribution in [0.5, 0.6) is 0 Å². The van der Waals surface area contributed by atoms with Gasteiger partial charge in [-0.2, -0.15) is 0 Å². The second-order valence-corrected chi connectivity index (χ2v) is 4.18. The molecule has 0 fully saturated rings. The number of carbonyl (C=O) groups excluding carboxylic acids is 1. The van der Waals surface area contributed by atoms with E-state index in [1.165, 1.54) is 6.92 Å². The van der Waals surface area contributed by atoms with Gasteiger partial charge in [0.25, 0.3) is 0 Å². The number of hydrogen-bond donors (Lipinski definition) is 2. The lowest BCUT2D eigenvalue weighted by atomic mass is 10.4. The summed E-state index contributed by atoms with van der Waals surface area (Å²) in [6.07, 6.45) is 0. The lowest BCUT2D eigenvalue weighted by molar-refractivity contribution is -0.133. The van der Waals surface area contributed by atoms with Gasteiger partial charge in [0.05, 0.1) is 0 Å². The maximum absolute atomic E-state index is 10.6. The Kier molecular flexibility index (Phi) is 2.76. The Bertz CT molecular complexity index is 158. The zero-order chi connectivity index (χ0) is 8.36. The molecule has 0 rings (SSSR count). The molecule has 0 unspecified atom stereocenters. The second-order valence-electron chi connectivity index (χ2n) is 2.10. The lowest BCUT2D eigenvalue weighted by Gasteiger charge is -2.11.